The van der Waals surface area contributed by atoms with E-state index in [2.05, 4.69) is 22.7 Å². The van der Waals surface area contributed by atoms with E-state index in [9.17, 15) is 8.42 Å². The molecule has 1 fully saturated rings. The van der Waals surface area contributed by atoms with Crippen LogP contribution in [-0.4, -0.2) is 29.5 Å². The second-order valence-corrected chi connectivity index (χ2v) is 8.15. The Bertz CT molecular complexity index is 547. The summed E-state index contributed by atoms with van der Waals surface area (Å²) < 4.78 is 25.1. The maximum atomic E-state index is 11.4. The van der Waals surface area contributed by atoms with Crippen molar-refractivity contribution in [2.24, 2.45) is 11.8 Å². The van der Waals surface area contributed by atoms with Gasteiger partial charge in [-0.3, -0.25) is 0 Å². The Labute approximate surface area is 108 Å². The van der Waals surface area contributed by atoms with Crippen LogP contribution in [0.15, 0.2) is 6.20 Å². The van der Waals surface area contributed by atoms with Gasteiger partial charge in [-0.25, -0.2) is 13.4 Å². The van der Waals surface area contributed by atoms with Crippen LogP contribution in [0.25, 0.3) is 0 Å². The van der Waals surface area contributed by atoms with Gasteiger partial charge in [0.15, 0.2) is 9.84 Å². The lowest BCUT2D eigenvalue weighted by molar-refractivity contribution is 0.394. The van der Waals surface area contributed by atoms with E-state index in [-0.39, 0.29) is 5.92 Å². The third kappa shape index (κ3) is 2.46. The summed E-state index contributed by atoms with van der Waals surface area (Å²) in [4.78, 5) is 4.66. The minimum absolute atomic E-state index is 0.282. The van der Waals surface area contributed by atoms with Crippen LogP contribution in [0.4, 0.5) is 0 Å². The molecule has 0 N–H and O–H groups in total. The number of nitrogens with zero attached hydrogens (tertiary/aromatic N) is 2. The number of aromatic nitrogens is 2. The molecule has 0 spiro atoms. The van der Waals surface area contributed by atoms with Crippen LogP contribution in [0.5, 0.6) is 0 Å². The first-order valence-electron chi connectivity index (χ1n) is 6.77. The predicted octanol–water partition coefficient (Wildman–Crippen LogP) is 1.44. The van der Waals surface area contributed by atoms with E-state index in [0.29, 0.717) is 11.5 Å². The van der Waals surface area contributed by atoms with Crippen molar-refractivity contribution in [3.8, 4) is 0 Å². The molecular formula is C13H20N2O2S. The summed E-state index contributed by atoms with van der Waals surface area (Å²) in [7, 11) is -2.76. The van der Waals surface area contributed by atoms with Crippen LogP contribution in [0, 0.1) is 11.8 Å². The summed E-state index contributed by atoms with van der Waals surface area (Å²) >= 11 is 0. The molecule has 2 unspecified atom stereocenters. The van der Waals surface area contributed by atoms with E-state index >= 15 is 0 Å². The van der Waals surface area contributed by atoms with Crippen LogP contribution in [0.3, 0.4) is 0 Å². The van der Waals surface area contributed by atoms with Crippen LogP contribution in [0.2, 0.25) is 0 Å². The highest BCUT2D eigenvalue weighted by molar-refractivity contribution is 7.91. The van der Waals surface area contributed by atoms with E-state index in [1.807, 2.05) is 0 Å². The first-order chi connectivity index (χ1) is 8.52. The lowest BCUT2D eigenvalue weighted by Crippen LogP contribution is -2.17. The van der Waals surface area contributed by atoms with Crippen molar-refractivity contribution in [2.45, 2.75) is 39.2 Å². The van der Waals surface area contributed by atoms with Gasteiger partial charge in [-0.05, 0) is 31.1 Å². The molecule has 1 aromatic rings. The van der Waals surface area contributed by atoms with Gasteiger partial charge < -0.3 is 4.57 Å². The lowest BCUT2D eigenvalue weighted by atomic mass is 10.0. The van der Waals surface area contributed by atoms with E-state index in [1.54, 1.807) is 0 Å². The van der Waals surface area contributed by atoms with Crippen molar-refractivity contribution in [1.29, 1.82) is 0 Å². The molecule has 18 heavy (non-hydrogen) atoms. The molecule has 2 aliphatic rings. The third-order valence-corrected chi connectivity index (χ3v) is 5.94. The number of hydrogen-bond donors (Lipinski definition) is 0. The fraction of sp³-hybridized carbons (Fsp3) is 0.769. The zero-order valence-electron chi connectivity index (χ0n) is 10.8. The maximum Gasteiger partial charge on any atom is 0.150 e. The molecule has 0 radical (unpaired) electrons. The van der Waals surface area contributed by atoms with Crippen LogP contribution in [0.1, 0.15) is 31.3 Å². The first-order valence-corrected chi connectivity index (χ1v) is 8.59. The first kappa shape index (κ1) is 12.2. The van der Waals surface area contributed by atoms with E-state index in [1.165, 1.54) is 12.2 Å². The summed E-state index contributed by atoms with van der Waals surface area (Å²) in [5, 5.41) is 0. The molecule has 0 amide bonds. The van der Waals surface area contributed by atoms with Gasteiger partial charge in [-0.1, -0.05) is 6.92 Å². The summed E-state index contributed by atoms with van der Waals surface area (Å²) in [6, 6.07) is 0. The second-order valence-electron chi connectivity index (χ2n) is 5.92. The van der Waals surface area contributed by atoms with E-state index < -0.39 is 9.84 Å². The number of imidazole rings is 1. The Morgan fingerprint density at radius 2 is 2.28 bits per heavy atom. The third-order valence-electron chi connectivity index (χ3n) is 4.10. The molecule has 0 aromatic carbocycles. The van der Waals surface area contributed by atoms with Gasteiger partial charge in [0.05, 0.1) is 17.2 Å². The van der Waals surface area contributed by atoms with Gasteiger partial charge in [0.1, 0.15) is 5.82 Å². The molecule has 0 bridgehead atoms. The van der Waals surface area contributed by atoms with Gasteiger partial charge >= 0.3 is 0 Å². The average Bonchev–Trinajstić information content (AvgIpc) is 2.81. The highest BCUT2D eigenvalue weighted by Crippen LogP contribution is 2.24. The fourth-order valence-corrected chi connectivity index (χ4v) is 4.96. The minimum Gasteiger partial charge on any atom is -0.334 e. The quantitative estimate of drug-likeness (QED) is 0.815. The Morgan fingerprint density at radius 3 is 3.00 bits per heavy atom. The van der Waals surface area contributed by atoms with Crippen molar-refractivity contribution in [2.75, 3.05) is 11.5 Å². The highest BCUT2D eigenvalue weighted by Gasteiger charge is 2.29. The summed E-state index contributed by atoms with van der Waals surface area (Å²) in [5.74, 6) is 2.91. The molecule has 3 heterocycles. The molecule has 0 saturated carbocycles. The van der Waals surface area contributed by atoms with Crippen LogP contribution < -0.4 is 0 Å². The van der Waals surface area contributed by atoms with Gasteiger partial charge in [0.2, 0.25) is 0 Å². The van der Waals surface area contributed by atoms with Crippen molar-refractivity contribution < 1.29 is 8.42 Å². The Hall–Kier alpha value is -0.840. The molecule has 4 nitrogen and oxygen atoms in total. The summed E-state index contributed by atoms with van der Waals surface area (Å²) in [5.41, 5.74) is 1.08. The zero-order chi connectivity index (χ0) is 12.8. The fourth-order valence-electron chi connectivity index (χ4n) is 3.10. The maximum absolute atomic E-state index is 11.4. The molecule has 5 heteroatoms. The molecule has 100 valence electrons. The summed E-state index contributed by atoms with van der Waals surface area (Å²) in [6.07, 6.45) is 6.04. The number of fused-ring (bicyclic) bond motifs is 1. The standard InChI is InChI=1S/C13H20N2O2S/c1-10-2-3-13-14-12(8-15(13)7-10)6-11-4-5-18(16,17)9-11/h8,10-11H,2-7,9H2,1H3. The van der Waals surface area contributed by atoms with Crippen molar-refractivity contribution in [3.05, 3.63) is 17.7 Å². The van der Waals surface area contributed by atoms with Gasteiger partial charge in [-0.15, -0.1) is 0 Å². The molecule has 2 atom stereocenters. The normalized spacial score (nSPS) is 30.3. The van der Waals surface area contributed by atoms with Gasteiger partial charge in [0.25, 0.3) is 0 Å². The van der Waals surface area contributed by atoms with Gasteiger partial charge in [0, 0.05) is 19.2 Å². The molecule has 1 aromatic heterocycles. The van der Waals surface area contributed by atoms with Crippen molar-refractivity contribution >= 4 is 9.84 Å². The monoisotopic (exact) mass is 268 g/mol. The molecule has 3 rings (SSSR count). The highest BCUT2D eigenvalue weighted by atomic mass is 32.2. The largest absolute Gasteiger partial charge is 0.334 e. The Morgan fingerprint density at radius 1 is 1.44 bits per heavy atom. The van der Waals surface area contributed by atoms with E-state index in [4.69, 9.17) is 0 Å². The number of hydrogen-bond acceptors (Lipinski definition) is 3. The number of sulfone groups is 1. The number of rotatable bonds is 2. The molecule has 1 saturated heterocycles. The topological polar surface area (TPSA) is 52.0 Å². The number of aryl methyl sites for hydroxylation is 1. The lowest BCUT2D eigenvalue weighted by Gasteiger charge is -2.19. The van der Waals surface area contributed by atoms with E-state index in [0.717, 1.165) is 37.4 Å². The molecule has 2 aliphatic heterocycles. The van der Waals surface area contributed by atoms with Gasteiger partial charge in [-0.2, -0.15) is 0 Å². The van der Waals surface area contributed by atoms with Crippen LogP contribution >= 0.6 is 0 Å². The Kier molecular flexibility index (Phi) is 2.96. The Balaban J connectivity index is 1.71. The van der Waals surface area contributed by atoms with Crippen molar-refractivity contribution in [1.82, 2.24) is 9.55 Å². The minimum atomic E-state index is -2.76. The zero-order valence-corrected chi connectivity index (χ0v) is 11.6. The molecular weight excluding hydrogens is 248 g/mol. The second kappa shape index (κ2) is 4.37. The predicted molar refractivity (Wildman–Crippen MR) is 70.2 cm³/mol. The van der Waals surface area contributed by atoms with Crippen LogP contribution in [-0.2, 0) is 29.2 Å². The average molecular weight is 268 g/mol. The summed E-state index contributed by atoms with van der Waals surface area (Å²) in [6.45, 7) is 3.33. The van der Waals surface area contributed by atoms with Crippen molar-refractivity contribution in [3.63, 3.8) is 0 Å². The SMILES string of the molecule is CC1CCc2nc(CC3CCS(=O)(=O)C3)cn2C1. The molecule has 0 aliphatic carbocycles. The smallest absolute Gasteiger partial charge is 0.150 e.